The fraction of sp³-hybridized carbons (Fsp3) is 0.304. The summed E-state index contributed by atoms with van der Waals surface area (Å²) < 4.78 is 5.16. The molecule has 2 aromatic rings. The molecule has 2 aromatic carbocycles. The molecule has 5 rings (SSSR count). The number of fused-ring (bicyclic) bond motifs is 4. The number of imide groups is 1. The maximum Gasteiger partial charge on any atom is 0.250 e. The Morgan fingerprint density at radius 2 is 1.88 bits per heavy atom. The van der Waals surface area contributed by atoms with Gasteiger partial charge in [-0.15, -0.1) is 0 Å². The molecule has 2 fully saturated rings. The van der Waals surface area contributed by atoms with Crippen LogP contribution in [0.2, 0.25) is 5.02 Å². The number of rotatable bonds is 5. The van der Waals surface area contributed by atoms with Gasteiger partial charge in [0.1, 0.15) is 11.3 Å². The lowest BCUT2D eigenvalue weighted by atomic mass is 9.76. The van der Waals surface area contributed by atoms with Crippen molar-refractivity contribution in [2.75, 3.05) is 12.4 Å². The molecule has 0 saturated carbocycles. The number of nitrogens with two attached hydrogens (primary N) is 1. The van der Waals surface area contributed by atoms with Crippen molar-refractivity contribution in [3.63, 3.8) is 0 Å². The highest BCUT2D eigenvalue weighted by Gasteiger charge is 2.70. The molecule has 170 valence electrons. The Kier molecular flexibility index (Phi) is 4.91. The van der Waals surface area contributed by atoms with Crippen LogP contribution in [0.25, 0.3) is 0 Å². The second-order valence-corrected chi connectivity index (χ2v) is 8.87. The van der Waals surface area contributed by atoms with E-state index in [0.717, 1.165) is 10.5 Å². The van der Waals surface area contributed by atoms with Crippen LogP contribution in [0.1, 0.15) is 17.5 Å². The standard InChI is InChI=1S/C23H21ClN4O5/c1-33-12-7-5-11(6-8-12)10-28-20(30)17-15(9-16(25)29)27-23(18(17)21(28)31)13-3-2-4-14(24)19(13)26-22(23)32/h2-8,15,17-18,27H,9-10H2,1H3,(H2,25,29)(H,26,32)/t15-,17-,18+,23+/m1/s1. The van der Waals surface area contributed by atoms with Gasteiger partial charge >= 0.3 is 0 Å². The number of hydrogen-bond acceptors (Lipinski definition) is 6. The zero-order valence-electron chi connectivity index (χ0n) is 17.6. The Hall–Kier alpha value is -3.43. The Morgan fingerprint density at radius 3 is 2.55 bits per heavy atom. The lowest BCUT2D eigenvalue weighted by Gasteiger charge is -2.29. The molecule has 4 N–H and O–H groups in total. The summed E-state index contributed by atoms with van der Waals surface area (Å²) in [6, 6.07) is 11.2. The minimum absolute atomic E-state index is 0.0397. The molecular weight excluding hydrogens is 448 g/mol. The summed E-state index contributed by atoms with van der Waals surface area (Å²) in [6.45, 7) is 0.0397. The second kappa shape index (κ2) is 7.57. The largest absolute Gasteiger partial charge is 0.497 e. The summed E-state index contributed by atoms with van der Waals surface area (Å²) in [5.41, 5.74) is 5.52. The fourth-order valence-corrected chi connectivity index (χ4v) is 5.54. The highest BCUT2D eigenvalue weighted by molar-refractivity contribution is 6.35. The Labute approximate surface area is 194 Å². The van der Waals surface area contributed by atoms with Crippen molar-refractivity contribution in [2.24, 2.45) is 17.6 Å². The molecule has 0 bridgehead atoms. The average molecular weight is 469 g/mol. The van der Waals surface area contributed by atoms with E-state index in [1.54, 1.807) is 49.6 Å². The van der Waals surface area contributed by atoms with Crippen molar-refractivity contribution in [2.45, 2.75) is 24.5 Å². The number of likely N-dealkylation sites (tertiary alicyclic amines) is 1. The number of ether oxygens (including phenoxy) is 1. The predicted molar refractivity (Wildman–Crippen MR) is 118 cm³/mol. The van der Waals surface area contributed by atoms with Gasteiger partial charge in [0.15, 0.2) is 0 Å². The molecule has 33 heavy (non-hydrogen) atoms. The van der Waals surface area contributed by atoms with Crippen LogP contribution < -0.4 is 21.1 Å². The molecule has 0 aromatic heterocycles. The van der Waals surface area contributed by atoms with Gasteiger partial charge in [-0.25, -0.2) is 0 Å². The van der Waals surface area contributed by atoms with Crippen LogP contribution in [-0.4, -0.2) is 41.7 Å². The zero-order chi connectivity index (χ0) is 23.5. The van der Waals surface area contributed by atoms with Crippen molar-refractivity contribution in [3.8, 4) is 5.75 Å². The van der Waals surface area contributed by atoms with Gasteiger partial charge in [0.2, 0.25) is 23.6 Å². The summed E-state index contributed by atoms with van der Waals surface area (Å²) in [5, 5.41) is 6.21. The summed E-state index contributed by atoms with van der Waals surface area (Å²) in [7, 11) is 1.55. The number of carbonyl (C=O) groups is 4. The number of anilines is 1. The first-order chi connectivity index (χ1) is 15.8. The number of nitrogens with zero attached hydrogens (tertiary/aromatic N) is 1. The van der Waals surface area contributed by atoms with Crippen molar-refractivity contribution in [3.05, 3.63) is 58.6 Å². The van der Waals surface area contributed by atoms with E-state index in [0.29, 0.717) is 22.0 Å². The molecule has 2 saturated heterocycles. The summed E-state index contributed by atoms with van der Waals surface area (Å²) in [5.74, 6) is -3.35. The van der Waals surface area contributed by atoms with Crippen LogP contribution in [0.15, 0.2) is 42.5 Å². The topological polar surface area (TPSA) is 131 Å². The predicted octanol–water partition coefficient (Wildman–Crippen LogP) is 1.14. The van der Waals surface area contributed by atoms with Gasteiger partial charge in [0, 0.05) is 18.0 Å². The molecule has 3 aliphatic heterocycles. The summed E-state index contributed by atoms with van der Waals surface area (Å²) in [4.78, 5) is 53.4. The van der Waals surface area contributed by atoms with E-state index in [4.69, 9.17) is 22.1 Å². The number of benzene rings is 2. The maximum atomic E-state index is 13.7. The number of hydrogen-bond donors (Lipinski definition) is 3. The molecule has 3 aliphatic rings. The molecule has 9 nitrogen and oxygen atoms in total. The van der Waals surface area contributed by atoms with Gasteiger partial charge < -0.3 is 15.8 Å². The molecule has 3 heterocycles. The highest BCUT2D eigenvalue weighted by atomic mass is 35.5. The van der Waals surface area contributed by atoms with Crippen molar-refractivity contribution < 1.29 is 23.9 Å². The number of nitrogens with one attached hydrogen (secondary N) is 2. The third-order valence-corrected chi connectivity index (χ3v) is 7.03. The van der Waals surface area contributed by atoms with Crippen molar-refractivity contribution in [1.29, 1.82) is 0 Å². The number of primary amides is 1. The SMILES string of the molecule is COc1ccc(CN2C(=O)[C@H]3[C@@H](C2=O)[C@]2(N[C@@H]3CC(N)=O)C(=O)Nc3c(Cl)cccc32)cc1. The van der Waals surface area contributed by atoms with Crippen LogP contribution in [0.3, 0.4) is 0 Å². The van der Waals surface area contributed by atoms with E-state index in [2.05, 4.69) is 10.6 Å². The number of para-hydroxylation sites is 1. The molecule has 0 aliphatic carbocycles. The van der Waals surface area contributed by atoms with Gasteiger partial charge in [-0.2, -0.15) is 0 Å². The number of amides is 4. The molecule has 1 spiro atoms. The maximum absolute atomic E-state index is 13.7. The molecule has 10 heteroatoms. The first kappa shape index (κ1) is 21.4. The van der Waals surface area contributed by atoms with E-state index >= 15 is 0 Å². The normalized spacial score (nSPS) is 27.6. The van der Waals surface area contributed by atoms with Crippen LogP contribution in [0.4, 0.5) is 5.69 Å². The van der Waals surface area contributed by atoms with Crippen molar-refractivity contribution in [1.82, 2.24) is 10.2 Å². The van der Waals surface area contributed by atoms with E-state index in [1.165, 1.54) is 0 Å². The van der Waals surface area contributed by atoms with E-state index in [1.807, 2.05) is 0 Å². The second-order valence-electron chi connectivity index (χ2n) is 8.46. The monoisotopic (exact) mass is 468 g/mol. The third-order valence-electron chi connectivity index (χ3n) is 6.71. The summed E-state index contributed by atoms with van der Waals surface area (Å²) in [6.07, 6.45) is -0.193. The minimum atomic E-state index is -1.52. The van der Waals surface area contributed by atoms with Gasteiger partial charge in [0.05, 0.1) is 36.2 Å². The summed E-state index contributed by atoms with van der Waals surface area (Å²) >= 11 is 6.30. The molecule has 0 unspecified atom stereocenters. The lowest BCUT2D eigenvalue weighted by molar-refractivity contribution is -0.143. The molecule has 4 amide bonds. The van der Waals surface area contributed by atoms with Gasteiger partial charge in [-0.3, -0.25) is 29.4 Å². The van der Waals surface area contributed by atoms with Crippen LogP contribution >= 0.6 is 11.6 Å². The van der Waals surface area contributed by atoms with Crippen LogP contribution in [0, 0.1) is 11.8 Å². The van der Waals surface area contributed by atoms with Crippen molar-refractivity contribution >= 4 is 40.9 Å². The smallest absolute Gasteiger partial charge is 0.250 e. The fourth-order valence-electron chi connectivity index (χ4n) is 5.31. The average Bonchev–Trinajstić information content (AvgIpc) is 3.35. The Morgan fingerprint density at radius 1 is 1.15 bits per heavy atom. The van der Waals surface area contributed by atoms with Gasteiger partial charge in [-0.05, 0) is 23.8 Å². The zero-order valence-corrected chi connectivity index (χ0v) is 18.4. The lowest BCUT2D eigenvalue weighted by Crippen LogP contribution is -2.53. The van der Waals surface area contributed by atoms with E-state index in [-0.39, 0.29) is 13.0 Å². The molecule has 4 atom stereocenters. The van der Waals surface area contributed by atoms with E-state index < -0.39 is 47.0 Å². The Bertz CT molecular complexity index is 1200. The number of halogens is 1. The van der Waals surface area contributed by atoms with Gasteiger partial charge in [0.25, 0.3) is 0 Å². The number of carbonyl (C=O) groups excluding carboxylic acids is 4. The molecule has 0 radical (unpaired) electrons. The molecular formula is C23H21ClN4O5. The minimum Gasteiger partial charge on any atom is -0.497 e. The first-order valence-corrected chi connectivity index (χ1v) is 10.8. The number of methoxy groups -OCH3 is 1. The van der Waals surface area contributed by atoms with Gasteiger partial charge in [-0.1, -0.05) is 35.9 Å². The highest BCUT2D eigenvalue weighted by Crippen LogP contribution is 2.54. The Balaban J connectivity index is 1.58. The quantitative estimate of drug-likeness (QED) is 0.564. The van der Waals surface area contributed by atoms with Crippen LogP contribution in [0.5, 0.6) is 5.75 Å². The van der Waals surface area contributed by atoms with Crippen LogP contribution in [-0.2, 0) is 31.3 Å². The first-order valence-electron chi connectivity index (χ1n) is 10.4. The third kappa shape index (κ3) is 3.03. The van der Waals surface area contributed by atoms with E-state index in [9.17, 15) is 19.2 Å².